The van der Waals surface area contributed by atoms with E-state index in [1.165, 1.54) is 0 Å². The molecule has 19 heteroatoms. The Labute approximate surface area is 268 Å². The zero-order valence-corrected chi connectivity index (χ0v) is 27.0. The van der Waals surface area contributed by atoms with E-state index >= 15 is 0 Å². The van der Waals surface area contributed by atoms with Gasteiger partial charge in [-0.25, -0.2) is 0 Å². The lowest BCUT2D eigenvalue weighted by Crippen LogP contribution is -2.70. The molecular weight excluding hydrogens is 640 g/mol. The van der Waals surface area contributed by atoms with Gasteiger partial charge in [-0.15, -0.1) is 0 Å². The normalized spacial score (nSPS) is 30.0. The quantitative estimate of drug-likeness (QED) is 0.181. The van der Waals surface area contributed by atoms with Gasteiger partial charge in [0.2, 0.25) is 0 Å². The van der Waals surface area contributed by atoms with E-state index in [1.54, 1.807) is 0 Å². The van der Waals surface area contributed by atoms with Crippen LogP contribution in [0.5, 0.6) is 0 Å². The molecule has 2 rings (SSSR count). The van der Waals surface area contributed by atoms with Crippen molar-refractivity contribution in [1.29, 1.82) is 0 Å². The maximum Gasteiger partial charge on any atom is 0.305 e. The first-order valence-electron chi connectivity index (χ1n) is 14.1. The fourth-order valence-corrected chi connectivity index (χ4v) is 4.80. The molecule has 2 heterocycles. The Balaban J connectivity index is 2.81. The summed E-state index contributed by atoms with van der Waals surface area (Å²) in [5.41, 5.74) is 0. The SMILES string of the molecule is CC(=O)OC[C@H]1O[C@@H](O[C@@H]2[C@H](OC(C)=O)[C@H](OC(C)=O)CO[C@@]2(COC(C)=O)OC(C)=O)[C@@H](OC(C)=O)[C@@H](OC(C)=O)[C@@H]1OC(C)=O. The minimum Gasteiger partial charge on any atom is -0.463 e. The van der Waals surface area contributed by atoms with E-state index in [-0.39, 0.29) is 0 Å². The van der Waals surface area contributed by atoms with Crippen molar-refractivity contribution in [3.05, 3.63) is 0 Å². The average Bonchev–Trinajstić information content (AvgIpc) is 2.91. The summed E-state index contributed by atoms with van der Waals surface area (Å²) in [5, 5.41) is 0. The van der Waals surface area contributed by atoms with E-state index in [9.17, 15) is 38.4 Å². The lowest BCUT2D eigenvalue weighted by Gasteiger charge is -2.50. The van der Waals surface area contributed by atoms with Crippen LogP contribution in [0.4, 0.5) is 0 Å². The van der Waals surface area contributed by atoms with Crippen molar-refractivity contribution >= 4 is 47.8 Å². The van der Waals surface area contributed by atoms with E-state index in [0.29, 0.717) is 0 Å². The van der Waals surface area contributed by atoms with E-state index in [0.717, 1.165) is 55.4 Å². The number of ether oxygens (including phenoxy) is 11. The zero-order valence-electron chi connectivity index (χ0n) is 27.0. The third-order valence-corrected chi connectivity index (χ3v) is 6.23. The second-order valence-electron chi connectivity index (χ2n) is 10.3. The van der Waals surface area contributed by atoms with Crippen LogP contribution in [-0.4, -0.2) is 122 Å². The minimum atomic E-state index is -2.44. The summed E-state index contributed by atoms with van der Waals surface area (Å²) in [5.74, 6) is -9.66. The smallest absolute Gasteiger partial charge is 0.305 e. The molecule has 0 aromatic carbocycles. The maximum atomic E-state index is 12.4. The molecular formula is C28H38O19. The molecule has 264 valence electrons. The fraction of sp³-hybridized carbons (Fsp3) is 0.714. The largest absolute Gasteiger partial charge is 0.463 e. The van der Waals surface area contributed by atoms with Gasteiger partial charge in [-0.05, 0) is 0 Å². The maximum absolute atomic E-state index is 12.4. The van der Waals surface area contributed by atoms with Crippen LogP contribution in [0.25, 0.3) is 0 Å². The molecule has 0 radical (unpaired) electrons. The Kier molecular flexibility index (Phi) is 14.0. The van der Waals surface area contributed by atoms with E-state index in [4.69, 9.17) is 52.1 Å². The van der Waals surface area contributed by atoms with Gasteiger partial charge in [-0.3, -0.25) is 38.4 Å². The molecule has 0 aromatic rings. The second-order valence-corrected chi connectivity index (χ2v) is 10.3. The molecule has 2 fully saturated rings. The Hall–Kier alpha value is -4.36. The first-order chi connectivity index (χ1) is 21.8. The first kappa shape index (κ1) is 38.8. The molecule has 0 spiro atoms. The summed E-state index contributed by atoms with van der Waals surface area (Å²) >= 11 is 0. The standard InChI is InChI=1S/C28H38O19/c1-12(29)37-9-20-22(41-15(4)32)24(43-17(6)34)25(44-18(7)35)27(45-20)46-26-23(42-16(5)33)21(40-14(3)31)10-39-28(26,47-19(8)36)11-38-13(2)30/h20-27H,9-11H2,1-8H3/t20-,21-,22-,23-,24+,25+,26-,27+,28+/m1/s1. The van der Waals surface area contributed by atoms with Crippen LogP contribution in [0, 0.1) is 0 Å². The van der Waals surface area contributed by atoms with Crippen LogP contribution >= 0.6 is 0 Å². The molecule has 0 saturated carbocycles. The number of hydrogen-bond donors (Lipinski definition) is 0. The van der Waals surface area contributed by atoms with Crippen molar-refractivity contribution in [2.45, 2.75) is 110 Å². The molecule has 19 nitrogen and oxygen atoms in total. The number of rotatable bonds is 12. The van der Waals surface area contributed by atoms with Crippen molar-refractivity contribution in [2.24, 2.45) is 0 Å². The third kappa shape index (κ3) is 11.4. The predicted molar refractivity (Wildman–Crippen MR) is 145 cm³/mol. The highest BCUT2D eigenvalue weighted by atomic mass is 16.8. The summed E-state index contributed by atoms with van der Waals surface area (Å²) in [4.78, 5) is 96.8. The number of esters is 8. The van der Waals surface area contributed by atoms with Crippen LogP contribution in [0.15, 0.2) is 0 Å². The lowest BCUT2D eigenvalue weighted by atomic mass is 9.94. The molecule has 0 unspecified atom stereocenters. The highest BCUT2D eigenvalue weighted by Gasteiger charge is 2.62. The van der Waals surface area contributed by atoms with Gasteiger partial charge in [0, 0.05) is 55.4 Å². The van der Waals surface area contributed by atoms with Crippen LogP contribution in [0.2, 0.25) is 0 Å². The van der Waals surface area contributed by atoms with Crippen molar-refractivity contribution in [2.75, 3.05) is 19.8 Å². The number of hydrogen-bond acceptors (Lipinski definition) is 19. The van der Waals surface area contributed by atoms with Crippen molar-refractivity contribution < 1.29 is 90.5 Å². The molecule has 2 aliphatic heterocycles. The van der Waals surface area contributed by atoms with Crippen molar-refractivity contribution in [3.63, 3.8) is 0 Å². The summed E-state index contributed by atoms with van der Waals surface area (Å²) < 4.78 is 60.4. The number of carbonyl (C=O) groups is 8. The molecule has 0 aromatic heterocycles. The molecule has 0 aliphatic carbocycles. The Morgan fingerprint density at radius 2 is 1.06 bits per heavy atom. The van der Waals surface area contributed by atoms with Gasteiger partial charge < -0.3 is 52.1 Å². The van der Waals surface area contributed by atoms with Crippen molar-refractivity contribution in [1.82, 2.24) is 0 Å². The van der Waals surface area contributed by atoms with Gasteiger partial charge in [-0.1, -0.05) is 0 Å². The third-order valence-electron chi connectivity index (χ3n) is 6.23. The molecule has 9 atom stereocenters. The Bertz CT molecular complexity index is 1210. The summed E-state index contributed by atoms with van der Waals surface area (Å²) in [6, 6.07) is 0. The van der Waals surface area contributed by atoms with Crippen LogP contribution in [0.1, 0.15) is 55.4 Å². The van der Waals surface area contributed by atoms with Gasteiger partial charge in [-0.2, -0.15) is 0 Å². The van der Waals surface area contributed by atoms with Gasteiger partial charge in [0.05, 0.1) is 6.61 Å². The van der Waals surface area contributed by atoms with Gasteiger partial charge in [0.1, 0.15) is 12.7 Å². The molecule has 0 N–H and O–H groups in total. The van der Waals surface area contributed by atoms with Gasteiger partial charge >= 0.3 is 47.8 Å². The van der Waals surface area contributed by atoms with Crippen molar-refractivity contribution in [3.8, 4) is 0 Å². The first-order valence-corrected chi connectivity index (χ1v) is 14.1. The summed E-state index contributed by atoms with van der Waals surface area (Å²) in [6.45, 7) is 6.08. The molecule has 2 aliphatic rings. The van der Waals surface area contributed by atoms with Crippen LogP contribution < -0.4 is 0 Å². The minimum absolute atomic E-state index is 0.579. The van der Waals surface area contributed by atoms with E-state index in [2.05, 4.69) is 0 Å². The topological polar surface area (TPSA) is 238 Å². The predicted octanol–water partition coefficient (Wildman–Crippen LogP) is -0.829. The van der Waals surface area contributed by atoms with Crippen LogP contribution in [0.3, 0.4) is 0 Å². The molecule has 2 saturated heterocycles. The molecule has 0 bridgehead atoms. The highest BCUT2D eigenvalue weighted by Crippen LogP contribution is 2.38. The second kappa shape index (κ2) is 17.0. The monoisotopic (exact) mass is 678 g/mol. The zero-order chi connectivity index (χ0) is 35.6. The molecule has 47 heavy (non-hydrogen) atoms. The average molecular weight is 679 g/mol. The summed E-state index contributed by atoms with van der Waals surface area (Å²) in [6.07, 6.45) is -13.5. The van der Waals surface area contributed by atoms with E-state index < -0.39 is 122 Å². The lowest BCUT2D eigenvalue weighted by molar-refractivity contribution is -0.387. The molecule has 0 amide bonds. The fourth-order valence-electron chi connectivity index (χ4n) is 4.80. The van der Waals surface area contributed by atoms with Crippen LogP contribution in [-0.2, 0) is 90.5 Å². The Morgan fingerprint density at radius 1 is 0.574 bits per heavy atom. The number of carbonyl (C=O) groups excluding carboxylic acids is 8. The summed E-state index contributed by atoms with van der Waals surface area (Å²) in [7, 11) is 0. The highest BCUT2D eigenvalue weighted by molar-refractivity contribution is 5.70. The van der Waals surface area contributed by atoms with E-state index in [1.807, 2.05) is 0 Å². The Morgan fingerprint density at radius 3 is 1.55 bits per heavy atom. The van der Waals surface area contributed by atoms with Gasteiger partial charge in [0.25, 0.3) is 5.79 Å². The van der Waals surface area contributed by atoms with Gasteiger partial charge in [0.15, 0.2) is 49.5 Å².